The van der Waals surface area contributed by atoms with Crippen molar-refractivity contribution in [3.63, 3.8) is 0 Å². The number of thiazole rings is 1. The fourth-order valence-electron chi connectivity index (χ4n) is 1.81. The van der Waals surface area contributed by atoms with Crippen LogP contribution in [0.3, 0.4) is 0 Å². The van der Waals surface area contributed by atoms with Crippen LogP contribution in [-0.2, 0) is 5.75 Å². The highest BCUT2D eigenvalue weighted by atomic mass is 32.2. The molecule has 3 aromatic rings. The van der Waals surface area contributed by atoms with E-state index in [2.05, 4.69) is 15.2 Å². The second kappa shape index (κ2) is 5.82. The fraction of sp³-hybridized carbons (Fsp3) is 0.154. The molecule has 8 heteroatoms. The van der Waals surface area contributed by atoms with Gasteiger partial charge in [0.1, 0.15) is 5.82 Å². The minimum atomic E-state index is -0.372. The molecule has 2 aromatic heterocycles. The van der Waals surface area contributed by atoms with Crippen LogP contribution < -0.4 is 5.84 Å². The molecule has 0 spiro atoms. The smallest absolute Gasteiger partial charge is 0.210 e. The molecule has 108 valence electrons. The second-order valence-corrected chi connectivity index (χ2v) is 6.31. The summed E-state index contributed by atoms with van der Waals surface area (Å²) in [5.74, 6) is 6.55. The molecule has 0 fully saturated rings. The van der Waals surface area contributed by atoms with E-state index in [4.69, 9.17) is 5.84 Å². The van der Waals surface area contributed by atoms with E-state index in [0.29, 0.717) is 22.3 Å². The van der Waals surface area contributed by atoms with Gasteiger partial charge in [-0.05, 0) is 19.1 Å². The molecule has 0 amide bonds. The fourth-order valence-corrected chi connectivity index (χ4v) is 3.28. The first kappa shape index (κ1) is 14.0. The zero-order valence-electron chi connectivity index (χ0n) is 11.2. The zero-order chi connectivity index (χ0) is 14.8. The van der Waals surface area contributed by atoms with E-state index < -0.39 is 0 Å². The maximum absolute atomic E-state index is 13.8. The number of nitrogens with zero attached hydrogens (tertiary/aromatic N) is 4. The van der Waals surface area contributed by atoms with Gasteiger partial charge < -0.3 is 5.84 Å². The maximum Gasteiger partial charge on any atom is 0.210 e. The van der Waals surface area contributed by atoms with Gasteiger partial charge in [0, 0.05) is 11.1 Å². The summed E-state index contributed by atoms with van der Waals surface area (Å²) < 4.78 is 15.1. The summed E-state index contributed by atoms with van der Waals surface area (Å²) in [6.45, 7) is 1.96. The number of hydrogen-bond donors (Lipinski definition) is 1. The summed E-state index contributed by atoms with van der Waals surface area (Å²) >= 11 is 3.02. The average Bonchev–Trinajstić information content (AvgIpc) is 3.04. The molecule has 3 rings (SSSR count). The van der Waals surface area contributed by atoms with Crippen molar-refractivity contribution in [2.24, 2.45) is 0 Å². The third kappa shape index (κ3) is 2.91. The van der Waals surface area contributed by atoms with Gasteiger partial charge in [-0.1, -0.05) is 23.9 Å². The Bertz CT molecular complexity index is 768. The molecule has 0 aliphatic heterocycles. The normalized spacial score (nSPS) is 11.0. The van der Waals surface area contributed by atoms with Gasteiger partial charge in [-0.3, -0.25) is 0 Å². The van der Waals surface area contributed by atoms with Crippen LogP contribution in [0.1, 0.15) is 10.7 Å². The van der Waals surface area contributed by atoms with Crippen molar-refractivity contribution in [1.82, 2.24) is 19.9 Å². The van der Waals surface area contributed by atoms with E-state index in [-0.39, 0.29) is 5.82 Å². The lowest BCUT2D eigenvalue weighted by Crippen LogP contribution is -2.12. The van der Waals surface area contributed by atoms with Crippen molar-refractivity contribution >= 4 is 23.1 Å². The average molecular weight is 321 g/mol. The van der Waals surface area contributed by atoms with Crippen LogP contribution in [0.5, 0.6) is 0 Å². The van der Waals surface area contributed by atoms with E-state index in [9.17, 15) is 4.39 Å². The van der Waals surface area contributed by atoms with Crippen molar-refractivity contribution < 1.29 is 4.39 Å². The number of halogens is 1. The Morgan fingerprint density at radius 3 is 2.86 bits per heavy atom. The number of benzene rings is 1. The van der Waals surface area contributed by atoms with Crippen LogP contribution in [0.15, 0.2) is 34.8 Å². The molecule has 2 N–H and O–H groups in total. The Morgan fingerprint density at radius 1 is 1.33 bits per heavy atom. The molecule has 0 aliphatic carbocycles. The molecular weight excluding hydrogens is 309 g/mol. The first-order chi connectivity index (χ1) is 10.1. The van der Waals surface area contributed by atoms with E-state index in [0.717, 1.165) is 10.7 Å². The third-order valence-electron chi connectivity index (χ3n) is 2.80. The zero-order valence-corrected chi connectivity index (χ0v) is 12.8. The first-order valence-electron chi connectivity index (χ1n) is 6.14. The summed E-state index contributed by atoms with van der Waals surface area (Å²) in [4.78, 5) is 4.37. The van der Waals surface area contributed by atoms with E-state index in [1.807, 2.05) is 12.3 Å². The number of nitrogen functional groups attached to an aromatic ring is 1. The summed E-state index contributed by atoms with van der Waals surface area (Å²) in [6, 6.07) is 6.35. The molecule has 0 bridgehead atoms. The van der Waals surface area contributed by atoms with Crippen LogP contribution in [-0.4, -0.2) is 19.9 Å². The third-order valence-corrected chi connectivity index (χ3v) is 4.59. The topological polar surface area (TPSA) is 69.6 Å². The monoisotopic (exact) mass is 321 g/mol. The number of nitrogens with two attached hydrogens (primary N) is 1. The van der Waals surface area contributed by atoms with Crippen molar-refractivity contribution in [1.29, 1.82) is 0 Å². The number of aryl methyl sites for hydroxylation is 1. The lowest BCUT2D eigenvalue weighted by molar-refractivity contribution is 0.629. The lowest BCUT2D eigenvalue weighted by Gasteiger charge is -2.03. The Balaban J connectivity index is 1.81. The van der Waals surface area contributed by atoms with Crippen molar-refractivity contribution in [2.45, 2.75) is 17.8 Å². The van der Waals surface area contributed by atoms with Gasteiger partial charge in [-0.15, -0.1) is 21.5 Å². The van der Waals surface area contributed by atoms with Crippen LogP contribution in [0.4, 0.5) is 4.39 Å². The van der Waals surface area contributed by atoms with Crippen molar-refractivity contribution in [3.05, 3.63) is 46.2 Å². The molecule has 0 saturated carbocycles. The van der Waals surface area contributed by atoms with Gasteiger partial charge in [0.15, 0.2) is 5.82 Å². The summed E-state index contributed by atoms with van der Waals surface area (Å²) in [5, 5.41) is 11.5. The van der Waals surface area contributed by atoms with E-state index in [1.54, 1.807) is 29.5 Å². The predicted molar refractivity (Wildman–Crippen MR) is 82.0 cm³/mol. The Morgan fingerprint density at radius 2 is 2.14 bits per heavy atom. The van der Waals surface area contributed by atoms with Crippen LogP contribution in [0.2, 0.25) is 0 Å². The minimum Gasteiger partial charge on any atom is -0.335 e. The minimum absolute atomic E-state index is 0.310. The highest BCUT2D eigenvalue weighted by molar-refractivity contribution is 7.98. The number of aromatic nitrogens is 4. The summed E-state index contributed by atoms with van der Waals surface area (Å²) in [5.41, 5.74) is 1.31. The molecule has 0 radical (unpaired) electrons. The Kier molecular flexibility index (Phi) is 3.89. The number of thioether (sulfide) groups is 1. The van der Waals surface area contributed by atoms with Crippen molar-refractivity contribution in [2.75, 3.05) is 5.84 Å². The molecule has 21 heavy (non-hydrogen) atoms. The molecule has 2 heterocycles. The van der Waals surface area contributed by atoms with E-state index >= 15 is 0 Å². The van der Waals surface area contributed by atoms with Crippen LogP contribution in [0.25, 0.3) is 11.4 Å². The molecular formula is C13H12FN5S2. The molecule has 1 aromatic carbocycles. The van der Waals surface area contributed by atoms with Crippen LogP contribution >= 0.6 is 23.1 Å². The lowest BCUT2D eigenvalue weighted by atomic mass is 10.2. The second-order valence-electron chi connectivity index (χ2n) is 4.30. The van der Waals surface area contributed by atoms with Gasteiger partial charge in [-0.25, -0.2) is 14.1 Å². The number of rotatable bonds is 4. The van der Waals surface area contributed by atoms with Gasteiger partial charge >= 0.3 is 0 Å². The maximum atomic E-state index is 13.8. The first-order valence-corrected chi connectivity index (χ1v) is 8.01. The van der Waals surface area contributed by atoms with Gasteiger partial charge in [0.25, 0.3) is 0 Å². The van der Waals surface area contributed by atoms with Crippen LogP contribution in [0, 0.1) is 12.7 Å². The molecule has 0 atom stereocenters. The molecule has 0 saturated heterocycles. The number of hydrogen-bond acceptors (Lipinski definition) is 6. The highest BCUT2D eigenvalue weighted by Gasteiger charge is 2.15. The molecule has 0 aliphatic rings. The van der Waals surface area contributed by atoms with Crippen molar-refractivity contribution in [3.8, 4) is 11.4 Å². The largest absolute Gasteiger partial charge is 0.335 e. The molecule has 0 unspecified atom stereocenters. The Hall–Kier alpha value is -1.93. The standard InChI is InChI=1S/C13H12FN5S2/c1-8-16-9(6-20-8)7-21-13-18-17-12(19(13)15)10-4-2-3-5-11(10)14/h2-6H,7,15H2,1H3. The highest BCUT2D eigenvalue weighted by Crippen LogP contribution is 2.26. The van der Waals surface area contributed by atoms with Gasteiger partial charge in [0.05, 0.1) is 16.3 Å². The molecule has 5 nitrogen and oxygen atoms in total. The predicted octanol–water partition coefficient (Wildman–Crippen LogP) is 2.86. The summed E-state index contributed by atoms with van der Waals surface area (Å²) in [7, 11) is 0. The Labute approximate surface area is 129 Å². The van der Waals surface area contributed by atoms with Gasteiger partial charge in [-0.2, -0.15) is 0 Å². The SMILES string of the molecule is Cc1nc(CSc2nnc(-c3ccccc3F)n2N)cs1. The quantitative estimate of drug-likeness (QED) is 0.591. The summed E-state index contributed by atoms with van der Waals surface area (Å²) in [6.07, 6.45) is 0. The van der Waals surface area contributed by atoms with E-state index in [1.165, 1.54) is 22.5 Å². The van der Waals surface area contributed by atoms with Gasteiger partial charge in [0.2, 0.25) is 5.16 Å².